The monoisotopic (exact) mass is 169 g/mol. The van der Waals surface area contributed by atoms with Crippen molar-refractivity contribution in [2.24, 2.45) is 5.73 Å². The molecule has 1 rings (SSSR count). The molecule has 68 valence electrons. The summed E-state index contributed by atoms with van der Waals surface area (Å²) in [6.07, 6.45) is 3.56. The van der Waals surface area contributed by atoms with Gasteiger partial charge in [-0.2, -0.15) is 5.10 Å². The number of ether oxygens (including phenoxy) is 1. The Morgan fingerprint density at radius 1 is 1.75 bits per heavy atom. The van der Waals surface area contributed by atoms with Crippen LogP contribution < -0.4 is 10.5 Å². The van der Waals surface area contributed by atoms with Crippen molar-refractivity contribution in [2.45, 2.75) is 26.4 Å². The van der Waals surface area contributed by atoms with Crippen LogP contribution in [0.5, 0.6) is 5.75 Å². The molecule has 0 saturated heterocycles. The molecular weight excluding hydrogens is 154 g/mol. The van der Waals surface area contributed by atoms with Gasteiger partial charge in [-0.15, -0.1) is 0 Å². The Labute approximate surface area is 72.3 Å². The van der Waals surface area contributed by atoms with Crippen molar-refractivity contribution in [3.8, 4) is 5.75 Å². The topological polar surface area (TPSA) is 53.1 Å². The summed E-state index contributed by atoms with van der Waals surface area (Å²) in [5, 5.41) is 4.06. The summed E-state index contributed by atoms with van der Waals surface area (Å²) >= 11 is 0. The summed E-state index contributed by atoms with van der Waals surface area (Å²) in [6.45, 7) is 5.34. The predicted molar refractivity (Wildman–Crippen MR) is 47.0 cm³/mol. The molecule has 4 heteroatoms. The maximum Gasteiger partial charge on any atom is 0.157 e. The van der Waals surface area contributed by atoms with Crippen LogP contribution in [0.2, 0.25) is 0 Å². The normalized spacial score (nSPS) is 12.9. The Morgan fingerprint density at radius 2 is 2.50 bits per heavy atom. The van der Waals surface area contributed by atoms with Crippen LogP contribution in [0.4, 0.5) is 0 Å². The Morgan fingerprint density at radius 3 is 3.00 bits per heavy atom. The predicted octanol–water partition coefficient (Wildman–Crippen LogP) is 0.629. The van der Waals surface area contributed by atoms with Crippen LogP contribution in [0.15, 0.2) is 12.4 Å². The first-order valence-corrected chi connectivity index (χ1v) is 4.13. The maximum absolute atomic E-state index is 5.53. The Hall–Kier alpha value is -1.03. The molecule has 0 spiro atoms. The molecule has 4 nitrogen and oxygen atoms in total. The van der Waals surface area contributed by atoms with Crippen LogP contribution in [0.25, 0.3) is 0 Å². The van der Waals surface area contributed by atoms with Crippen molar-refractivity contribution < 1.29 is 4.74 Å². The van der Waals surface area contributed by atoms with Crippen molar-refractivity contribution in [3.05, 3.63) is 12.4 Å². The van der Waals surface area contributed by atoms with Crippen LogP contribution in [0.1, 0.15) is 13.8 Å². The third kappa shape index (κ3) is 2.54. The average Bonchev–Trinajstić information content (AvgIpc) is 2.48. The van der Waals surface area contributed by atoms with E-state index in [1.165, 1.54) is 0 Å². The Kier molecular flexibility index (Phi) is 3.10. The fraction of sp³-hybridized carbons (Fsp3) is 0.625. The van der Waals surface area contributed by atoms with Crippen molar-refractivity contribution in [1.82, 2.24) is 9.78 Å². The second-order valence-electron chi connectivity index (χ2n) is 2.82. The van der Waals surface area contributed by atoms with Crippen molar-refractivity contribution >= 4 is 0 Å². The molecule has 1 unspecified atom stereocenters. The highest BCUT2D eigenvalue weighted by Gasteiger charge is 1.99. The number of nitrogens with two attached hydrogens (primary N) is 1. The minimum absolute atomic E-state index is 0.0648. The molecule has 1 heterocycles. The molecule has 2 N–H and O–H groups in total. The molecule has 0 bridgehead atoms. The minimum Gasteiger partial charge on any atom is -0.489 e. The van der Waals surface area contributed by atoms with Gasteiger partial charge in [0, 0.05) is 12.6 Å². The lowest BCUT2D eigenvalue weighted by Gasteiger charge is -2.04. The molecule has 0 aromatic carbocycles. The van der Waals surface area contributed by atoms with Crippen LogP contribution in [-0.2, 0) is 6.54 Å². The lowest BCUT2D eigenvalue weighted by atomic mass is 10.4. The standard InChI is InChI=1S/C8H15N3O/c1-3-11-5-8(4-10-11)12-6-7(2)9/h4-5,7H,3,6,9H2,1-2H3. The molecule has 0 aliphatic rings. The molecular formula is C8H15N3O. The highest BCUT2D eigenvalue weighted by Crippen LogP contribution is 2.07. The highest BCUT2D eigenvalue weighted by molar-refractivity contribution is 5.11. The summed E-state index contributed by atoms with van der Waals surface area (Å²) < 4.78 is 7.16. The van der Waals surface area contributed by atoms with E-state index in [1.54, 1.807) is 6.20 Å². The molecule has 1 atom stereocenters. The highest BCUT2D eigenvalue weighted by atomic mass is 16.5. The summed E-state index contributed by atoms with van der Waals surface area (Å²) in [5.74, 6) is 0.786. The van der Waals surface area contributed by atoms with Crippen LogP contribution in [-0.4, -0.2) is 22.4 Å². The molecule has 0 saturated carbocycles. The van der Waals surface area contributed by atoms with Gasteiger partial charge in [0.25, 0.3) is 0 Å². The number of hydrogen-bond acceptors (Lipinski definition) is 3. The molecule has 0 aliphatic heterocycles. The second kappa shape index (κ2) is 4.11. The maximum atomic E-state index is 5.53. The quantitative estimate of drug-likeness (QED) is 0.719. The van der Waals surface area contributed by atoms with Crippen molar-refractivity contribution in [3.63, 3.8) is 0 Å². The zero-order valence-electron chi connectivity index (χ0n) is 7.53. The summed E-state index contributed by atoms with van der Waals surface area (Å²) in [5.41, 5.74) is 5.53. The molecule has 0 amide bonds. The number of aryl methyl sites for hydroxylation is 1. The number of hydrogen-bond donors (Lipinski definition) is 1. The number of rotatable bonds is 4. The van der Waals surface area contributed by atoms with E-state index in [4.69, 9.17) is 10.5 Å². The van der Waals surface area contributed by atoms with Crippen LogP contribution in [0, 0.1) is 0 Å². The van der Waals surface area contributed by atoms with E-state index in [-0.39, 0.29) is 6.04 Å². The van der Waals surface area contributed by atoms with Crippen LogP contribution in [0.3, 0.4) is 0 Å². The van der Waals surface area contributed by atoms with Gasteiger partial charge in [-0.25, -0.2) is 0 Å². The zero-order chi connectivity index (χ0) is 8.97. The smallest absolute Gasteiger partial charge is 0.157 e. The first-order chi connectivity index (χ1) is 5.72. The second-order valence-corrected chi connectivity index (χ2v) is 2.82. The van der Waals surface area contributed by atoms with Gasteiger partial charge in [0.1, 0.15) is 6.61 Å². The first-order valence-electron chi connectivity index (χ1n) is 4.13. The first kappa shape index (κ1) is 9.06. The lowest BCUT2D eigenvalue weighted by molar-refractivity contribution is 0.296. The number of nitrogens with zero attached hydrogens (tertiary/aromatic N) is 2. The van der Waals surface area contributed by atoms with E-state index >= 15 is 0 Å². The van der Waals surface area contributed by atoms with E-state index in [0.29, 0.717) is 6.61 Å². The van der Waals surface area contributed by atoms with Crippen LogP contribution >= 0.6 is 0 Å². The van der Waals surface area contributed by atoms with Gasteiger partial charge in [-0.05, 0) is 13.8 Å². The molecule has 0 aliphatic carbocycles. The lowest BCUT2D eigenvalue weighted by Crippen LogP contribution is -2.23. The van der Waals surface area contributed by atoms with Crippen molar-refractivity contribution in [1.29, 1.82) is 0 Å². The summed E-state index contributed by atoms with van der Waals surface area (Å²) in [6, 6.07) is 0.0648. The number of aromatic nitrogens is 2. The zero-order valence-corrected chi connectivity index (χ0v) is 7.53. The fourth-order valence-electron chi connectivity index (χ4n) is 0.820. The molecule has 0 fully saturated rings. The van der Waals surface area contributed by atoms with E-state index < -0.39 is 0 Å². The molecule has 0 radical (unpaired) electrons. The van der Waals surface area contributed by atoms with E-state index in [0.717, 1.165) is 12.3 Å². The van der Waals surface area contributed by atoms with Gasteiger partial charge in [-0.1, -0.05) is 0 Å². The SMILES string of the molecule is CCn1cc(OCC(C)N)cn1. The Bertz CT molecular complexity index is 232. The summed E-state index contributed by atoms with van der Waals surface area (Å²) in [7, 11) is 0. The molecule has 1 aromatic heterocycles. The molecule has 1 aromatic rings. The molecule has 12 heavy (non-hydrogen) atoms. The van der Waals surface area contributed by atoms with Gasteiger partial charge in [0.05, 0.1) is 12.4 Å². The van der Waals surface area contributed by atoms with Gasteiger partial charge in [0.15, 0.2) is 5.75 Å². The van der Waals surface area contributed by atoms with Gasteiger partial charge < -0.3 is 10.5 Å². The third-order valence-electron chi connectivity index (χ3n) is 1.45. The van der Waals surface area contributed by atoms with E-state index in [1.807, 2.05) is 24.7 Å². The van der Waals surface area contributed by atoms with Gasteiger partial charge in [-0.3, -0.25) is 4.68 Å². The largest absolute Gasteiger partial charge is 0.489 e. The van der Waals surface area contributed by atoms with E-state index in [2.05, 4.69) is 5.10 Å². The summed E-state index contributed by atoms with van der Waals surface area (Å²) in [4.78, 5) is 0. The Balaban J connectivity index is 2.41. The third-order valence-corrected chi connectivity index (χ3v) is 1.45. The van der Waals surface area contributed by atoms with Crippen molar-refractivity contribution in [2.75, 3.05) is 6.61 Å². The van der Waals surface area contributed by atoms with Gasteiger partial charge >= 0.3 is 0 Å². The average molecular weight is 169 g/mol. The minimum atomic E-state index is 0.0648. The fourth-order valence-corrected chi connectivity index (χ4v) is 0.820. The van der Waals surface area contributed by atoms with E-state index in [9.17, 15) is 0 Å². The van der Waals surface area contributed by atoms with Gasteiger partial charge in [0.2, 0.25) is 0 Å².